The van der Waals surface area contributed by atoms with Crippen molar-refractivity contribution in [1.29, 1.82) is 0 Å². The topological polar surface area (TPSA) is 105 Å². The molecule has 1 atom stereocenters. The van der Waals surface area contributed by atoms with Gasteiger partial charge in [-0.05, 0) is 41.3 Å². The second kappa shape index (κ2) is 15.3. The van der Waals surface area contributed by atoms with E-state index in [1.165, 1.54) is 31.3 Å². The molecule has 232 valence electrons. The summed E-state index contributed by atoms with van der Waals surface area (Å²) in [6, 6.07) is 17.9. The van der Waals surface area contributed by atoms with E-state index in [-0.39, 0.29) is 41.3 Å². The lowest BCUT2D eigenvalue weighted by Gasteiger charge is -2.34. The van der Waals surface area contributed by atoms with Gasteiger partial charge >= 0.3 is 0 Å². The van der Waals surface area contributed by atoms with Crippen molar-refractivity contribution < 1.29 is 27.5 Å². The summed E-state index contributed by atoms with van der Waals surface area (Å²) >= 11 is 12.4. The van der Waals surface area contributed by atoms with Gasteiger partial charge < -0.3 is 19.7 Å². The summed E-state index contributed by atoms with van der Waals surface area (Å²) in [5, 5.41) is 3.57. The van der Waals surface area contributed by atoms with Crippen LogP contribution in [0.2, 0.25) is 10.0 Å². The number of rotatable bonds is 14. The van der Waals surface area contributed by atoms with E-state index in [9.17, 15) is 18.0 Å². The fourth-order valence-electron chi connectivity index (χ4n) is 4.40. The summed E-state index contributed by atoms with van der Waals surface area (Å²) in [5.41, 5.74) is 1.60. The summed E-state index contributed by atoms with van der Waals surface area (Å²) in [7, 11) is -1.11. The van der Waals surface area contributed by atoms with Crippen molar-refractivity contribution in [2.75, 3.05) is 37.9 Å². The lowest BCUT2D eigenvalue weighted by atomic mass is 10.0. The highest BCUT2D eigenvalue weighted by atomic mass is 35.5. The molecule has 0 unspecified atom stereocenters. The normalized spacial score (nSPS) is 12.0. The molecular weight excluding hydrogens is 613 g/mol. The van der Waals surface area contributed by atoms with Gasteiger partial charge in [0.25, 0.3) is 0 Å². The number of carbonyl (C=O) groups excluding carboxylic acids is 2. The number of amides is 2. The van der Waals surface area contributed by atoms with E-state index in [1.807, 2.05) is 44.2 Å². The van der Waals surface area contributed by atoms with Gasteiger partial charge in [0.05, 0.1) is 36.2 Å². The zero-order chi connectivity index (χ0) is 31.7. The Labute approximate surface area is 263 Å². The molecule has 3 aromatic carbocycles. The number of anilines is 1. The van der Waals surface area contributed by atoms with Crippen molar-refractivity contribution in [2.24, 2.45) is 5.92 Å². The summed E-state index contributed by atoms with van der Waals surface area (Å²) in [6.45, 7) is 3.72. The number of ether oxygens (including phenoxy) is 2. The summed E-state index contributed by atoms with van der Waals surface area (Å²) in [5.74, 6) is -0.145. The number of nitrogens with one attached hydrogen (secondary N) is 1. The zero-order valence-electron chi connectivity index (χ0n) is 24.8. The smallest absolute Gasteiger partial charge is 0.244 e. The van der Waals surface area contributed by atoms with Crippen molar-refractivity contribution in [3.05, 3.63) is 87.9 Å². The molecule has 0 bridgehead atoms. The molecule has 9 nitrogen and oxygen atoms in total. The van der Waals surface area contributed by atoms with Gasteiger partial charge in [-0.25, -0.2) is 8.42 Å². The highest BCUT2D eigenvalue weighted by Crippen LogP contribution is 2.34. The van der Waals surface area contributed by atoms with Crippen LogP contribution in [0.5, 0.6) is 11.5 Å². The maximum atomic E-state index is 14.2. The Kier molecular flexibility index (Phi) is 12.1. The van der Waals surface area contributed by atoms with Crippen molar-refractivity contribution in [2.45, 2.75) is 32.9 Å². The Balaban J connectivity index is 2.10. The van der Waals surface area contributed by atoms with E-state index < -0.39 is 28.5 Å². The molecule has 0 heterocycles. The first-order valence-corrected chi connectivity index (χ1v) is 16.2. The largest absolute Gasteiger partial charge is 0.497 e. The van der Waals surface area contributed by atoms with Gasteiger partial charge in [0.2, 0.25) is 21.8 Å². The SMILES string of the molecule is COc1ccc(N(CC(=O)N(Cc2ccc(Cl)c(Cl)c2)[C@@H](Cc2ccccc2)C(=O)NCC(C)C)S(C)(=O)=O)c(OC)c1. The number of nitrogens with zero attached hydrogens (tertiary/aromatic N) is 2. The van der Waals surface area contributed by atoms with Crippen LogP contribution in [0, 0.1) is 5.92 Å². The molecule has 0 radical (unpaired) electrons. The predicted molar refractivity (Wildman–Crippen MR) is 171 cm³/mol. The van der Waals surface area contributed by atoms with Crippen LogP contribution < -0.4 is 19.1 Å². The highest BCUT2D eigenvalue weighted by Gasteiger charge is 2.34. The number of benzene rings is 3. The van der Waals surface area contributed by atoms with Crippen LogP contribution >= 0.6 is 23.2 Å². The van der Waals surface area contributed by atoms with Crippen LogP contribution in [0.15, 0.2) is 66.7 Å². The van der Waals surface area contributed by atoms with Crippen molar-refractivity contribution in [3.63, 3.8) is 0 Å². The third-order valence-corrected chi connectivity index (χ3v) is 8.49. The first kappa shape index (κ1) is 34.0. The predicted octanol–water partition coefficient (Wildman–Crippen LogP) is 5.19. The summed E-state index contributed by atoms with van der Waals surface area (Å²) in [6.07, 6.45) is 1.20. The third-order valence-electron chi connectivity index (χ3n) is 6.63. The molecule has 2 amide bonds. The van der Waals surface area contributed by atoms with Crippen LogP contribution in [-0.4, -0.2) is 64.7 Å². The number of methoxy groups -OCH3 is 2. The minimum absolute atomic E-state index is 0.0281. The van der Waals surface area contributed by atoms with Crippen LogP contribution in [0.25, 0.3) is 0 Å². The lowest BCUT2D eigenvalue weighted by Crippen LogP contribution is -2.53. The number of carbonyl (C=O) groups is 2. The number of hydrogen-bond acceptors (Lipinski definition) is 6. The third kappa shape index (κ3) is 9.51. The first-order valence-electron chi connectivity index (χ1n) is 13.6. The zero-order valence-corrected chi connectivity index (χ0v) is 27.2. The van der Waals surface area contributed by atoms with Crippen molar-refractivity contribution in [3.8, 4) is 11.5 Å². The molecular formula is C31H37Cl2N3O6S. The fraction of sp³-hybridized carbons (Fsp3) is 0.355. The number of sulfonamides is 1. The highest BCUT2D eigenvalue weighted by molar-refractivity contribution is 7.92. The van der Waals surface area contributed by atoms with Gasteiger partial charge in [-0.2, -0.15) is 0 Å². The van der Waals surface area contributed by atoms with E-state index in [0.717, 1.165) is 16.1 Å². The van der Waals surface area contributed by atoms with Gasteiger partial charge in [-0.1, -0.05) is 73.4 Å². The van der Waals surface area contributed by atoms with Crippen LogP contribution in [0.4, 0.5) is 5.69 Å². The standard InChI is InChI=1S/C31H37Cl2N3O6S/c1-21(2)18-34-31(38)28(16-22-9-7-6-8-10-22)35(19-23-11-13-25(32)26(33)15-23)30(37)20-36(43(5,39)40)27-14-12-24(41-3)17-29(27)42-4/h6-15,17,21,28H,16,18-20H2,1-5H3,(H,34,38)/t28-/m0/s1. The quantitative estimate of drug-likeness (QED) is 0.258. The molecule has 43 heavy (non-hydrogen) atoms. The molecule has 3 rings (SSSR count). The number of hydrogen-bond donors (Lipinski definition) is 1. The maximum Gasteiger partial charge on any atom is 0.244 e. The summed E-state index contributed by atoms with van der Waals surface area (Å²) in [4.78, 5) is 29.3. The molecule has 12 heteroatoms. The van der Waals surface area contributed by atoms with Gasteiger partial charge in [0, 0.05) is 25.6 Å². The average molecular weight is 651 g/mol. The van der Waals surface area contributed by atoms with Gasteiger partial charge in [0.15, 0.2) is 0 Å². The fourth-order valence-corrected chi connectivity index (χ4v) is 5.57. The molecule has 0 aromatic heterocycles. The van der Waals surface area contributed by atoms with E-state index >= 15 is 0 Å². The van der Waals surface area contributed by atoms with E-state index in [1.54, 1.807) is 24.3 Å². The van der Waals surface area contributed by atoms with Gasteiger partial charge in [0.1, 0.15) is 24.1 Å². The molecule has 0 aliphatic heterocycles. The van der Waals surface area contributed by atoms with Crippen LogP contribution in [0.3, 0.4) is 0 Å². The molecule has 0 fully saturated rings. The molecule has 0 spiro atoms. The Morgan fingerprint density at radius 2 is 1.60 bits per heavy atom. The van der Waals surface area contributed by atoms with E-state index in [0.29, 0.717) is 22.9 Å². The Bertz CT molecular complexity index is 1520. The minimum Gasteiger partial charge on any atom is -0.497 e. The Morgan fingerprint density at radius 1 is 0.907 bits per heavy atom. The minimum atomic E-state index is -3.98. The molecule has 1 N–H and O–H groups in total. The van der Waals surface area contributed by atoms with Crippen LogP contribution in [-0.2, 0) is 32.6 Å². The molecule has 0 saturated heterocycles. The van der Waals surface area contributed by atoms with E-state index in [2.05, 4.69) is 5.32 Å². The molecule has 0 aliphatic rings. The lowest BCUT2D eigenvalue weighted by molar-refractivity contribution is -0.140. The molecule has 0 aliphatic carbocycles. The van der Waals surface area contributed by atoms with Gasteiger partial charge in [-0.15, -0.1) is 0 Å². The first-order chi connectivity index (χ1) is 20.3. The monoisotopic (exact) mass is 649 g/mol. The van der Waals surface area contributed by atoms with Gasteiger partial charge in [-0.3, -0.25) is 13.9 Å². The molecule has 3 aromatic rings. The maximum absolute atomic E-state index is 14.2. The van der Waals surface area contributed by atoms with Crippen LogP contribution in [0.1, 0.15) is 25.0 Å². The second-order valence-corrected chi connectivity index (χ2v) is 13.1. The average Bonchev–Trinajstić information content (AvgIpc) is 2.97. The van der Waals surface area contributed by atoms with E-state index in [4.69, 9.17) is 32.7 Å². The number of halogens is 2. The Hall–Kier alpha value is -3.47. The Morgan fingerprint density at radius 3 is 2.19 bits per heavy atom. The summed E-state index contributed by atoms with van der Waals surface area (Å²) < 4.78 is 37.8. The second-order valence-electron chi connectivity index (χ2n) is 10.4. The molecule has 0 saturated carbocycles. The van der Waals surface area contributed by atoms with Crippen molar-refractivity contribution >= 4 is 50.7 Å². The van der Waals surface area contributed by atoms with Crippen molar-refractivity contribution in [1.82, 2.24) is 10.2 Å².